The molecule has 5 heteroatoms. The molecule has 0 spiro atoms. The largest absolute Gasteiger partial charge is 0.361 e. The van der Waals surface area contributed by atoms with Crippen molar-refractivity contribution in [1.82, 2.24) is 10.1 Å². The highest BCUT2D eigenvalue weighted by Gasteiger charge is 2.17. The smallest absolute Gasteiger partial charge is 0.227 e. The van der Waals surface area contributed by atoms with Gasteiger partial charge in [0.25, 0.3) is 0 Å². The zero-order valence-electron chi connectivity index (χ0n) is 11.8. The number of hydrogen-bond acceptors (Lipinski definition) is 3. The molecule has 0 fully saturated rings. The van der Waals surface area contributed by atoms with E-state index in [4.69, 9.17) is 16.1 Å². The van der Waals surface area contributed by atoms with Crippen LogP contribution in [0.3, 0.4) is 0 Å². The molecule has 0 aliphatic carbocycles. The lowest BCUT2D eigenvalue weighted by Gasteiger charge is -2.18. The summed E-state index contributed by atoms with van der Waals surface area (Å²) in [7, 11) is 1.77. The number of nitrogens with zero attached hydrogens (tertiary/aromatic N) is 2. The van der Waals surface area contributed by atoms with E-state index in [1.807, 2.05) is 38.1 Å². The molecule has 0 N–H and O–H groups in total. The number of halogens is 1. The first-order chi connectivity index (χ1) is 9.49. The summed E-state index contributed by atoms with van der Waals surface area (Å²) in [6.07, 6.45) is 0.294. The molecule has 0 atom stereocenters. The fourth-order valence-electron chi connectivity index (χ4n) is 2.01. The number of aromatic nitrogens is 1. The molecule has 2 aromatic rings. The summed E-state index contributed by atoms with van der Waals surface area (Å²) < 4.78 is 5.07. The summed E-state index contributed by atoms with van der Waals surface area (Å²) >= 11 is 6.10. The highest BCUT2D eigenvalue weighted by Crippen LogP contribution is 2.18. The predicted molar refractivity (Wildman–Crippen MR) is 77.6 cm³/mol. The third-order valence-corrected chi connectivity index (χ3v) is 3.67. The van der Waals surface area contributed by atoms with Crippen LogP contribution in [0.1, 0.15) is 22.6 Å². The van der Waals surface area contributed by atoms with Gasteiger partial charge in [0, 0.05) is 24.2 Å². The molecule has 0 saturated heterocycles. The van der Waals surface area contributed by atoms with Crippen LogP contribution in [0.2, 0.25) is 5.02 Å². The molecule has 0 unspecified atom stereocenters. The first-order valence-corrected chi connectivity index (χ1v) is 6.76. The van der Waals surface area contributed by atoms with E-state index in [2.05, 4.69) is 5.16 Å². The van der Waals surface area contributed by atoms with Gasteiger partial charge in [-0.1, -0.05) is 35.0 Å². The number of likely N-dealkylation sites (N-methyl/N-ethyl adjacent to an activating group) is 1. The summed E-state index contributed by atoms with van der Waals surface area (Å²) in [6.45, 7) is 4.14. The van der Waals surface area contributed by atoms with E-state index < -0.39 is 0 Å². The summed E-state index contributed by atoms with van der Waals surface area (Å²) in [6, 6.07) is 7.52. The van der Waals surface area contributed by atoms with Crippen molar-refractivity contribution in [1.29, 1.82) is 0 Å². The fourth-order valence-corrected chi connectivity index (χ4v) is 2.21. The maximum atomic E-state index is 12.2. The van der Waals surface area contributed by atoms with Crippen molar-refractivity contribution >= 4 is 17.5 Å². The molecule has 1 aromatic heterocycles. The van der Waals surface area contributed by atoms with Gasteiger partial charge in [-0.05, 0) is 25.5 Å². The molecular weight excluding hydrogens is 276 g/mol. The maximum Gasteiger partial charge on any atom is 0.227 e. The second-order valence-electron chi connectivity index (χ2n) is 4.82. The van der Waals surface area contributed by atoms with Gasteiger partial charge in [-0.15, -0.1) is 0 Å². The summed E-state index contributed by atoms with van der Waals surface area (Å²) in [4.78, 5) is 13.9. The Kier molecular flexibility index (Phi) is 4.45. The Bertz CT molecular complexity index is 603. The molecular formula is C15H17ClN2O2. The highest BCUT2D eigenvalue weighted by molar-refractivity contribution is 6.31. The van der Waals surface area contributed by atoms with E-state index in [9.17, 15) is 4.79 Å². The number of carbonyl (C=O) groups excluding carboxylic acids is 1. The first-order valence-electron chi connectivity index (χ1n) is 6.38. The van der Waals surface area contributed by atoms with Crippen molar-refractivity contribution < 1.29 is 9.32 Å². The van der Waals surface area contributed by atoms with Crippen LogP contribution in [0.5, 0.6) is 0 Å². The van der Waals surface area contributed by atoms with Gasteiger partial charge in [0.1, 0.15) is 5.76 Å². The molecule has 1 heterocycles. The fraction of sp³-hybridized carbons (Fsp3) is 0.333. The predicted octanol–water partition coefficient (Wildman–Crippen LogP) is 3.15. The lowest BCUT2D eigenvalue weighted by Crippen LogP contribution is -2.28. The van der Waals surface area contributed by atoms with Crippen molar-refractivity contribution in [3.63, 3.8) is 0 Å². The Hall–Kier alpha value is -1.81. The lowest BCUT2D eigenvalue weighted by atomic mass is 10.1. The molecule has 0 bridgehead atoms. The molecule has 20 heavy (non-hydrogen) atoms. The van der Waals surface area contributed by atoms with Crippen LogP contribution < -0.4 is 0 Å². The number of hydrogen-bond donors (Lipinski definition) is 0. The second-order valence-corrected chi connectivity index (χ2v) is 5.23. The van der Waals surface area contributed by atoms with E-state index in [1.165, 1.54) is 0 Å². The third kappa shape index (κ3) is 3.20. The van der Waals surface area contributed by atoms with E-state index >= 15 is 0 Å². The Morgan fingerprint density at radius 3 is 2.65 bits per heavy atom. The molecule has 106 valence electrons. The minimum Gasteiger partial charge on any atom is -0.361 e. The van der Waals surface area contributed by atoms with E-state index in [0.29, 0.717) is 23.7 Å². The van der Waals surface area contributed by atoms with Crippen LogP contribution in [0.4, 0.5) is 0 Å². The van der Waals surface area contributed by atoms with E-state index in [1.54, 1.807) is 11.9 Å². The maximum absolute atomic E-state index is 12.2. The number of amides is 1. The molecule has 4 nitrogen and oxygen atoms in total. The highest BCUT2D eigenvalue weighted by atomic mass is 35.5. The standard InChI is InChI=1S/C15H17ClN2O2/c1-10-13(11(2)20-17-10)8-15(19)18(3)9-12-6-4-5-7-14(12)16/h4-7H,8-9H2,1-3H3. The number of carbonyl (C=O) groups is 1. The summed E-state index contributed by atoms with van der Waals surface area (Å²) in [5.74, 6) is 0.710. The normalized spacial score (nSPS) is 10.6. The van der Waals surface area contributed by atoms with Gasteiger partial charge in [-0.3, -0.25) is 4.79 Å². The molecule has 0 saturated carbocycles. The minimum absolute atomic E-state index is 0.0133. The van der Waals surface area contributed by atoms with Crippen LogP contribution in [0.25, 0.3) is 0 Å². The zero-order valence-corrected chi connectivity index (χ0v) is 12.6. The van der Waals surface area contributed by atoms with Gasteiger partial charge in [0.15, 0.2) is 0 Å². The number of rotatable bonds is 4. The molecule has 1 amide bonds. The second kappa shape index (κ2) is 6.09. The first kappa shape index (κ1) is 14.6. The molecule has 0 radical (unpaired) electrons. The van der Waals surface area contributed by atoms with Crippen LogP contribution >= 0.6 is 11.6 Å². The Balaban J connectivity index is 2.05. The van der Waals surface area contributed by atoms with E-state index in [-0.39, 0.29) is 5.91 Å². The van der Waals surface area contributed by atoms with Crippen LogP contribution in [-0.4, -0.2) is 23.0 Å². The van der Waals surface area contributed by atoms with E-state index in [0.717, 1.165) is 16.8 Å². The average molecular weight is 293 g/mol. The monoisotopic (exact) mass is 292 g/mol. The van der Waals surface area contributed by atoms with Gasteiger partial charge in [0.2, 0.25) is 5.91 Å². The van der Waals surface area contributed by atoms with Crippen molar-refractivity contribution in [3.05, 3.63) is 51.9 Å². The number of aryl methyl sites for hydroxylation is 2. The Morgan fingerprint density at radius 2 is 2.05 bits per heavy atom. The van der Waals surface area contributed by atoms with Crippen LogP contribution in [0, 0.1) is 13.8 Å². The Labute approximate surface area is 123 Å². The van der Waals surface area contributed by atoms with Crippen molar-refractivity contribution in [2.24, 2.45) is 0 Å². The topological polar surface area (TPSA) is 46.3 Å². The van der Waals surface area contributed by atoms with Gasteiger partial charge in [0.05, 0.1) is 12.1 Å². The zero-order chi connectivity index (χ0) is 14.7. The number of benzene rings is 1. The minimum atomic E-state index is 0.0133. The summed E-state index contributed by atoms with van der Waals surface area (Å²) in [5, 5.41) is 4.53. The van der Waals surface area contributed by atoms with Crippen molar-refractivity contribution in [3.8, 4) is 0 Å². The summed E-state index contributed by atoms with van der Waals surface area (Å²) in [5.41, 5.74) is 2.56. The lowest BCUT2D eigenvalue weighted by molar-refractivity contribution is -0.129. The molecule has 0 aliphatic rings. The third-order valence-electron chi connectivity index (χ3n) is 3.30. The SMILES string of the molecule is Cc1noc(C)c1CC(=O)N(C)Cc1ccccc1Cl. The quantitative estimate of drug-likeness (QED) is 0.869. The average Bonchev–Trinajstić information content (AvgIpc) is 2.73. The molecule has 0 aliphatic heterocycles. The van der Waals surface area contributed by atoms with Crippen LogP contribution in [-0.2, 0) is 17.8 Å². The van der Waals surface area contributed by atoms with Gasteiger partial charge < -0.3 is 9.42 Å². The van der Waals surface area contributed by atoms with Crippen LogP contribution in [0.15, 0.2) is 28.8 Å². The molecule has 1 aromatic carbocycles. The van der Waals surface area contributed by atoms with Crippen molar-refractivity contribution in [2.75, 3.05) is 7.05 Å². The van der Waals surface area contributed by atoms with Gasteiger partial charge in [-0.2, -0.15) is 0 Å². The van der Waals surface area contributed by atoms with Crippen molar-refractivity contribution in [2.45, 2.75) is 26.8 Å². The molecule has 2 rings (SSSR count). The van der Waals surface area contributed by atoms with Gasteiger partial charge >= 0.3 is 0 Å². The van der Waals surface area contributed by atoms with Gasteiger partial charge in [-0.25, -0.2) is 0 Å². The Morgan fingerprint density at radius 1 is 1.35 bits per heavy atom.